The second kappa shape index (κ2) is 6.51. The van der Waals surface area contributed by atoms with E-state index in [0.29, 0.717) is 11.8 Å². The van der Waals surface area contributed by atoms with E-state index >= 15 is 0 Å². The molecule has 0 bridgehead atoms. The van der Waals surface area contributed by atoms with Gasteiger partial charge in [-0.15, -0.1) is 0 Å². The van der Waals surface area contributed by atoms with E-state index in [9.17, 15) is 0 Å². The first-order valence-corrected chi connectivity index (χ1v) is 11.9. The molecular weight excluding hydrogens is 424 g/mol. The highest BCUT2D eigenvalue weighted by Crippen LogP contribution is 2.59. The molecule has 0 saturated heterocycles. The highest BCUT2D eigenvalue weighted by Gasteiger charge is 2.47. The van der Waals surface area contributed by atoms with E-state index in [1.54, 1.807) is 0 Å². The SMILES string of the molecule is CNCc1cc2c3c(c(N(C)C)cc2c2c1-c1oc(C)nc1C2(C)C)-c1oc(C)nc1C3(C)C. The number of hydrogen-bond donors (Lipinski definition) is 1. The van der Waals surface area contributed by atoms with Crippen LogP contribution in [0.1, 0.15) is 67.6 Å². The quantitative estimate of drug-likeness (QED) is 0.418. The number of rotatable bonds is 3. The maximum atomic E-state index is 6.22. The molecule has 6 heteroatoms. The normalized spacial score (nSPS) is 16.5. The van der Waals surface area contributed by atoms with Gasteiger partial charge >= 0.3 is 0 Å². The van der Waals surface area contributed by atoms with Crippen LogP contribution in [0.3, 0.4) is 0 Å². The number of benzene rings is 2. The van der Waals surface area contributed by atoms with Crippen molar-refractivity contribution in [2.75, 3.05) is 26.0 Å². The molecular formula is C28H32N4O2. The minimum absolute atomic E-state index is 0.271. The van der Waals surface area contributed by atoms with Crippen molar-refractivity contribution >= 4 is 16.5 Å². The Morgan fingerprint density at radius 1 is 0.824 bits per heavy atom. The van der Waals surface area contributed by atoms with Crippen LogP contribution in [0.15, 0.2) is 21.0 Å². The Kier molecular flexibility index (Phi) is 4.10. The molecule has 2 aromatic heterocycles. The number of nitrogens with zero attached hydrogens (tertiary/aromatic N) is 3. The third-order valence-corrected chi connectivity index (χ3v) is 7.71. The Balaban J connectivity index is 1.82. The fourth-order valence-corrected chi connectivity index (χ4v) is 6.33. The molecule has 6 nitrogen and oxygen atoms in total. The van der Waals surface area contributed by atoms with Crippen molar-refractivity contribution < 1.29 is 8.83 Å². The maximum Gasteiger partial charge on any atom is 0.192 e. The number of hydrogen-bond acceptors (Lipinski definition) is 6. The lowest BCUT2D eigenvalue weighted by atomic mass is 9.76. The van der Waals surface area contributed by atoms with Gasteiger partial charge in [-0.2, -0.15) is 0 Å². The first kappa shape index (κ1) is 21.4. The highest BCUT2D eigenvalue weighted by atomic mass is 16.4. The van der Waals surface area contributed by atoms with Gasteiger partial charge in [0.15, 0.2) is 23.3 Å². The minimum atomic E-state index is -0.276. The summed E-state index contributed by atoms with van der Waals surface area (Å²) in [5.41, 5.74) is 8.82. The van der Waals surface area contributed by atoms with Crippen molar-refractivity contribution in [1.29, 1.82) is 0 Å². The van der Waals surface area contributed by atoms with Gasteiger partial charge in [0, 0.05) is 62.1 Å². The molecule has 0 spiro atoms. The standard InChI is InChI=1S/C28H32N4O2/c1-13-30-25-23(33-13)19-15(12-29-7)10-16-17(21(19)27(25,3)4)11-18(32(8)9)20-22(16)28(5,6)26-24(20)34-14(2)31-26/h10-11,29H,12H2,1-9H3. The molecule has 2 heterocycles. The average molecular weight is 457 g/mol. The number of nitrogens with one attached hydrogen (secondary N) is 1. The first-order chi connectivity index (χ1) is 16.0. The molecule has 0 amide bonds. The molecule has 176 valence electrons. The molecule has 34 heavy (non-hydrogen) atoms. The van der Waals surface area contributed by atoms with Crippen LogP contribution in [0.5, 0.6) is 0 Å². The molecule has 0 unspecified atom stereocenters. The van der Waals surface area contributed by atoms with Crippen molar-refractivity contribution in [3.8, 4) is 22.6 Å². The third kappa shape index (κ3) is 2.44. The lowest BCUT2D eigenvalue weighted by Crippen LogP contribution is -2.21. The number of aromatic nitrogens is 2. The van der Waals surface area contributed by atoms with E-state index in [1.807, 2.05) is 20.9 Å². The molecule has 1 N–H and O–H groups in total. The molecule has 0 fully saturated rings. The molecule has 2 aliphatic rings. The van der Waals surface area contributed by atoms with E-state index in [1.165, 1.54) is 33.0 Å². The molecule has 2 aromatic carbocycles. The zero-order valence-electron chi connectivity index (χ0n) is 21.5. The zero-order chi connectivity index (χ0) is 24.3. The summed E-state index contributed by atoms with van der Waals surface area (Å²) >= 11 is 0. The lowest BCUT2D eigenvalue weighted by Gasteiger charge is -2.28. The smallest absolute Gasteiger partial charge is 0.192 e. The van der Waals surface area contributed by atoms with Gasteiger partial charge in [0.25, 0.3) is 0 Å². The fraction of sp³-hybridized carbons (Fsp3) is 0.429. The van der Waals surface area contributed by atoms with Crippen molar-refractivity contribution in [2.45, 2.75) is 58.9 Å². The summed E-state index contributed by atoms with van der Waals surface area (Å²) in [4.78, 5) is 11.9. The monoisotopic (exact) mass is 456 g/mol. The molecule has 0 aliphatic heterocycles. The maximum absolute atomic E-state index is 6.22. The summed E-state index contributed by atoms with van der Waals surface area (Å²) in [5, 5.41) is 5.89. The molecule has 0 saturated carbocycles. The summed E-state index contributed by atoms with van der Waals surface area (Å²) < 4.78 is 12.4. The van der Waals surface area contributed by atoms with Crippen LogP contribution in [0.2, 0.25) is 0 Å². The van der Waals surface area contributed by atoms with Gasteiger partial charge in [0.2, 0.25) is 0 Å². The molecule has 0 radical (unpaired) electrons. The van der Waals surface area contributed by atoms with Crippen LogP contribution in [-0.4, -0.2) is 31.1 Å². The van der Waals surface area contributed by atoms with E-state index in [4.69, 9.17) is 18.8 Å². The molecule has 4 aromatic rings. The average Bonchev–Trinajstić information content (AvgIpc) is 3.43. The zero-order valence-corrected chi connectivity index (χ0v) is 21.5. The van der Waals surface area contributed by atoms with E-state index in [0.717, 1.165) is 40.7 Å². The molecule has 6 rings (SSSR count). The lowest BCUT2D eigenvalue weighted by molar-refractivity contribution is 0.533. The summed E-state index contributed by atoms with van der Waals surface area (Å²) in [6.45, 7) is 13.7. The van der Waals surface area contributed by atoms with Gasteiger partial charge in [-0.05, 0) is 74.3 Å². The largest absolute Gasteiger partial charge is 0.441 e. The van der Waals surface area contributed by atoms with Crippen molar-refractivity contribution in [3.63, 3.8) is 0 Å². The fourth-order valence-electron chi connectivity index (χ4n) is 6.33. The summed E-state index contributed by atoms with van der Waals surface area (Å²) in [7, 11) is 6.20. The highest BCUT2D eigenvalue weighted by molar-refractivity contribution is 6.07. The minimum Gasteiger partial charge on any atom is -0.441 e. The van der Waals surface area contributed by atoms with E-state index in [2.05, 4.69) is 64.1 Å². The summed E-state index contributed by atoms with van der Waals surface area (Å²) in [5.74, 6) is 3.25. The summed E-state index contributed by atoms with van der Waals surface area (Å²) in [6, 6.07) is 4.69. The van der Waals surface area contributed by atoms with Crippen molar-refractivity contribution in [2.24, 2.45) is 0 Å². The first-order valence-electron chi connectivity index (χ1n) is 11.9. The Bertz CT molecular complexity index is 1520. The van der Waals surface area contributed by atoms with E-state index < -0.39 is 0 Å². The van der Waals surface area contributed by atoms with Gasteiger partial charge in [-0.1, -0.05) is 0 Å². The van der Waals surface area contributed by atoms with Crippen LogP contribution in [0.4, 0.5) is 5.69 Å². The van der Waals surface area contributed by atoms with Crippen LogP contribution in [-0.2, 0) is 17.4 Å². The number of anilines is 1. The Morgan fingerprint density at radius 3 is 1.85 bits per heavy atom. The summed E-state index contributed by atoms with van der Waals surface area (Å²) in [6.07, 6.45) is 0. The predicted molar refractivity (Wildman–Crippen MR) is 136 cm³/mol. The predicted octanol–water partition coefficient (Wildman–Crippen LogP) is 5.83. The van der Waals surface area contributed by atoms with Crippen LogP contribution in [0.25, 0.3) is 33.4 Å². The van der Waals surface area contributed by atoms with Gasteiger partial charge in [0.1, 0.15) is 0 Å². The molecule has 2 aliphatic carbocycles. The van der Waals surface area contributed by atoms with Crippen LogP contribution in [0, 0.1) is 13.8 Å². The van der Waals surface area contributed by atoms with Gasteiger partial charge in [0.05, 0.1) is 11.4 Å². The van der Waals surface area contributed by atoms with Gasteiger partial charge in [-0.3, -0.25) is 0 Å². The van der Waals surface area contributed by atoms with Crippen LogP contribution < -0.4 is 10.2 Å². The van der Waals surface area contributed by atoms with E-state index in [-0.39, 0.29) is 10.8 Å². The second-order valence-corrected chi connectivity index (χ2v) is 11.0. The van der Waals surface area contributed by atoms with Gasteiger partial charge < -0.3 is 19.1 Å². The van der Waals surface area contributed by atoms with Crippen molar-refractivity contribution in [3.05, 3.63) is 52.0 Å². The number of aryl methyl sites for hydroxylation is 2. The molecule has 0 atom stereocenters. The third-order valence-electron chi connectivity index (χ3n) is 7.71. The number of fused-ring (bicyclic) bond motifs is 9. The van der Waals surface area contributed by atoms with Gasteiger partial charge in [-0.25, -0.2) is 9.97 Å². The van der Waals surface area contributed by atoms with Crippen molar-refractivity contribution in [1.82, 2.24) is 15.3 Å². The Hall–Kier alpha value is -3.12. The second-order valence-electron chi connectivity index (χ2n) is 11.0. The Labute approximate surface area is 200 Å². The topological polar surface area (TPSA) is 67.3 Å². The van der Waals surface area contributed by atoms with Crippen LogP contribution >= 0.6 is 0 Å². The number of oxazole rings is 2. The Morgan fingerprint density at radius 2 is 1.32 bits per heavy atom.